The molecule has 3 rings (SSSR count). The summed E-state index contributed by atoms with van der Waals surface area (Å²) in [6, 6.07) is 0.515. The normalized spacial score (nSPS) is 27.1. The first-order valence-electron chi connectivity index (χ1n) is 6.76. The Balaban J connectivity index is 1.82. The van der Waals surface area contributed by atoms with Gasteiger partial charge in [0.15, 0.2) is 0 Å². The molecule has 0 aromatic carbocycles. The lowest BCUT2D eigenvalue weighted by Gasteiger charge is -2.23. The number of imidazole rings is 1. The van der Waals surface area contributed by atoms with E-state index in [9.17, 15) is 9.90 Å². The van der Waals surface area contributed by atoms with Crippen LogP contribution in [0.3, 0.4) is 0 Å². The Kier molecular flexibility index (Phi) is 3.07. The number of aromatic nitrogens is 2. The molecule has 0 aliphatic carbocycles. The Morgan fingerprint density at radius 3 is 3.11 bits per heavy atom. The molecule has 18 heavy (non-hydrogen) atoms. The third-order valence-corrected chi connectivity index (χ3v) is 4.09. The molecule has 1 saturated heterocycles. The monoisotopic (exact) mass is 249 g/mol. The lowest BCUT2D eigenvalue weighted by molar-refractivity contribution is -0.139. The summed E-state index contributed by atoms with van der Waals surface area (Å²) in [5.41, 5.74) is 0.891. The zero-order valence-corrected chi connectivity index (χ0v) is 10.4. The van der Waals surface area contributed by atoms with Gasteiger partial charge in [-0.1, -0.05) is 0 Å². The molecular formula is C13H19N3O2. The van der Waals surface area contributed by atoms with Crippen molar-refractivity contribution >= 4 is 5.97 Å². The Labute approximate surface area is 106 Å². The highest BCUT2D eigenvalue weighted by Crippen LogP contribution is 2.29. The summed E-state index contributed by atoms with van der Waals surface area (Å²) in [5, 5.41) is 12.7. The summed E-state index contributed by atoms with van der Waals surface area (Å²) >= 11 is 0. The van der Waals surface area contributed by atoms with Crippen LogP contribution in [0.5, 0.6) is 0 Å². The Bertz CT molecular complexity index is 449. The predicted octanol–water partition coefficient (Wildman–Crippen LogP) is 1.14. The first-order chi connectivity index (χ1) is 8.75. The van der Waals surface area contributed by atoms with Gasteiger partial charge in [0.25, 0.3) is 0 Å². The van der Waals surface area contributed by atoms with Crippen LogP contribution in [0.4, 0.5) is 0 Å². The largest absolute Gasteiger partial charge is 0.481 e. The van der Waals surface area contributed by atoms with Crippen LogP contribution in [-0.4, -0.2) is 33.2 Å². The van der Waals surface area contributed by atoms with E-state index in [4.69, 9.17) is 0 Å². The fourth-order valence-electron chi connectivity index (χ4n) is 3.13. The number of nitrogens with one attached hydrogen (secondary N) is 1. The molecule has 1 aromatic rings. The summed E-state index contributed by atoms with van der Waals surface area (Å²) < 4.78 is 2.13. The SMILES string of the molecule is O=C(O)C1CCCn2c1cnc2CC1CCCN1. The molecule has 5 heteroatoms. The first-order valence-corrected chi connectivity index (χ1v) is 6.76. The van der Waals surface area contributed by atoms with Crippen molar-refractivity contribution in [1.29, 1.82) is 0 Å². The molecule has 1 aromatic heterocycles. The van der Waals surface area contributed by atoms with Crippen LogP contribution in [0.25, 0.3) is 0 Å². The highest BCUT2D eigenvalue weighted by molar-refractivity contribution is 5.75. The molecular weight excluding hydrogens is 230 g/mol. The van der Waals surface area contributed by atoms with Gasteiger partial charge in [-0.25, -0.2) is 4.98 Å². The quantitative estimate of drug-likeness (QED) is 0.843. The van der Waals surface area contributed by atoms with Crippen LogP contribution in [0.1, 0.15) is 43.1 Å². The minimum Gasteiger partial charge on any atom is -0.481 e. The zero-order valence-electron chi connectivity index (χ0n) is 10.4. The molecule has 0 spiro atoms. The van der Waals surface area contributed by atoms with Crippen molar-refractivity contribution in [2.24, 2.45) is 0 Å². The summed E-state index contributed by atoms with van der Waals surface area (Å²) in [5.74, 6) is -0.0340. The molecule has 2 aliphatic rings. The number of aliphatic carboxylic acids is 1. The average molecular weight is 249 g/mol. The molecule has 3 heterocycles. The molecule has 0 amide bonds. The lowest BCUT2D eigenvalue weighted by Crippen LogP contribution is -2.27. The van der Waals surface area contributed by atoms with E-state index >= 15 is 0 Å². The number of hydrogen-bond donors (Lipinski definition) is 2. The maximum Gasteiger partial charge on any atom is 0.312 e. The smallest absolute Gasteiger partial charge is 0.312 e. The molecule has 0 saturated carbocycles. The van der Waals surface area contributed by atoms with Gasteiger partial charge in [0, 0.05) is 25.2 Å². The van der Waals surface area contributed by atoms with Gasteiger partial charge in [0.2, 0.25) is 0 Å². The molecule has 2 unspecified atom stereocenters. The molecule has 2 N–H and O–H groups in total. The van der Waals surface area contributed by atoms with E-state index < -0.39 is 5.97 Å². The first kappa shape index (κ1) is 11.7. The second-order valence-corrected chi connectivity index (χ2v) is 5.28. The third-order valence-electron chi connectivity index (χ3n) is 4.09. The predicted molar refractivity (Wildman–Crippen MR) is 66.6 cm³/mol. The van der Waals surface area contributed by atoms with Crippen LogP contribution in [0.2, 0.25) is 0 Å². The van der Waals surface area contributed by atoms with Gasteiger partial charge in [0.05, 0.1) is 11.6 Å². The fourth-order valence-corrected chi connectivity index (χ4v) is 3.13. The van der Waals surface area contributed by atoms with Crippen molar-refractivity contribution < 1.29 is 9.90 Å². The minimum absolute atomic E-state index is 0.364. The summed E-state index contributed by atoms with van der Waals surface area (Å²) in [4.78, 5) is 15.7. The van der Waals surface area contributed by atoms with E-state index in [1.54, 1.807) is 6.20 Å². The van der Waals surface area contributed by atoms with Crippen LogP contribution in [0, 0.1) is 0 Å². The highest BCUT2D eigenvalue weighted by atomic mass is 16.4. The van der Waals surface area contributed by atoms with Crippen LogP contribution < -0.4 is 5.32 Å². The van der Waals surface area contributed by atoms with Gasteiger partial charge in [-0.2, -0.15) is 0 Å². The topological polar surface area (TPSA) is 67.1 Å². The summed E-state index contributed by atoms with van der Waals surface area (Å²) in [6.45, 7) is 2.01. The molecule has 2 aliphatic heterocycles. The van der Waals surface area contributed by atoms with E-state index in [2.05, 4.69) is 14.9 Å². The third kappa shape index (κ3) is 2.03. The standard InChI is InChI=1S/C13H19N3O2/c17-13(18)10-4-2-6-16-11(10)8-15-12(16)7-9-3-1-5-14-9/h8-10,14H,1-7H2,(H,17,18). The van der Waals surface area contributed by atoms with Crippen LogP contribution in [0.15, 0.2) is 6.20 Å². The maximum absolute atomic E-state index is 11.2. The van der Waals surface area contributed by atoms with Crippen molar-refractivity contribution in [2.75, 3.05) is 6.54 Å². The number of carboxylic acid groups (broad SMARTS) is 1. The number of hydrogen-bond acceptors (Lipinski definition) is 3. The number of nitrogens with zero attached hydrogens (tertiary/aromatic N) is 2. The van der Waals surface area contributed by atoms with Crippen LogP contribution >= 0.6 is 0 Å². The highest BCUT2D eigenvalue weighted by Gasteiger charge is 2.29. The Morgan fingerprint density at radius 1 is 1.50 bits per heavy atom. The summed E-state index contributed by atoms with van der Waals surface area (Å²) in [6.07, 6.45) is 6.79. The zero-order chi connectivity index (χ0) is 12.5. The molecule has 2 atom stereocenters. The van der Waals surface area contributed by atoms with Gasteiger partial charge >= 0.3 is 5.97 Å². The van der Waals surface area contributed by atoms with Gasteiger partial charge in [0.1, 0.15) is 5.82 Å². The summed E-state index contributed by atoms with van der Waals surface area (Å²) in [7, 11) is 0. The molecule has 5 nitrogen and oxygen atoms in total. The van der Waals surface area contributed by atoms with Crippen LogP contribution in [-0.2, 0) is 17.8 Å². The number of carboxylic acids is 1. The Morgan fingerprint density at radius 2 is 2.39 bits per heavy atom. The van der Waals surface area contributed by atoms with Gasteiger partial charge in [-0.3, -0.25) is 4.79 Å². The molecule has 0 radical (unpaired) electrons. The van der Waals surface area contributed by atoms with Gasteiger partial charge < -0.3 is 15.0 Å². The fraction of sp³-hybridized carbons (Fsp3) is 0.692. The lowest BCUT2D eigenvalue weighted by atomic mass is 9.96. The maximum atomic E-state index is 11.2. The second kappa shape index (κ2) is 4.72. The van der Waals surface area contributed by atoms with E-state index in [0.29, 0.717) is 6.04 Å². The van der Waals surface area contributed by atoms with Crippen molar-refractivity contribution in [1.82, 2.24) is 14.9 Å². The van der Waals surface area contributed by atoms with Crippen molar-refractivity contribution in [3.63, 3.8) is 0 Å². The van der Waals surface area contributed by atoms with E-state index in [-0.39, 0.29) is 5.92 Å². The van der Waals surface area contributed by atoms with Crippen molar-refractivity contribution in [2.45, 2.75) is 50.6 Å². The van der Waals surface area contributed by atoms with Crippen molar-refractivity contribution in [3.8, 4) is 0 Å². The van der Waals surface area contributed by atoms with E-state index in [1.807, 2.05) is 0 Å². The van der Waals surface area contributed by atoms with E-state index in [1.165, 1.54) is 12.8 Å². The van der Waals surface area contributed by atoms with Gasteiger partial charge in [-0.15, -0.1) is 0 Å². The Hall–Kier alpha value is -1.36. The molecule has 98 valence electrons. The molecule has 0 bridgehead atoms. The minimum atomic E-state index is -0.721. The second-order valence-electron chi connectivity index (χ2n) is 5.28. The number of fused-ring (bicyclic) bond motifs is 1. The van der Waals surface area contributed by atoms with E-state index in [0.717, 1.165) is 43.9 Å². The number of rotatable bonds is 3. The molecule has 1 fully saturated rings. The average Bonchev–Trinajstić information content (AvgIpc) is 2.99. The van der Waals surface area contributed by atoms with Gasteiger partial charge in [-0.05, 0) is 32.2 Å². The number of carbonyl (C=O) groups is 1. The van der Waals surface area contributed by atoms with Crippen molar-refractivity contribution in [3.05, 3.63) is 17.7 Å².